The van der Waals surface area contributed by atoms with Crippen LogP contribution < -0.4 is 5.32 Å². The third-order valence-corrected chi connectivity index (χ3v) is 3.73. The van der Waals surface area contributed by atoms with Crippen molar-refractivity contribution in [2.45, 2.75) is 43.9 Å². The molecule has 1 aliphatic heterocycles. The molecule has 0 unspecified atom stereocenters. The van der Waals surface area contributed by atoms with Crippen LogP contribution in [0.5, 0.6) is 0 Å². The van der Waals surface area contributed by atoms with Crippen LogP contribution >= 0.6 is 0 Å². The van der Waals surface area contributed by atoms with Gasteiger partial charge in [0.1, 0.15) is 0 Å². The number of amides is 2. The minimum atomic E-state index is -0.0945. The molecule has 2 amide bonds. The molecule has 1 aliphatic carbocycles. The predicted molar refractivity (Wildman–Crippen MR) is 65.8 cm³/mol. The number of carbonyl (C=O) groups is 1. The summed E-state index contributed by atoms with van der Waals surface area (Å²) in [6.45, 7) is 1.67. The van der Waals surface area contributed by atoms with Gasteiger partial charge >= 0.3 is 6.03 Å². The van der Waals surface area contributed by atoms with E-state index in [1.54, 1.807) is 19.0 Å². The van der Waals surface area contributed by atoms with E-state index in [2.05, 4.69) is 5.32 Å². The van der Waals surface area contributed by atoms with Crippen LogP contribution in [0.1, 0.15) is 25.7 Å². The molecule has 1 saturated heterocycles. The smallest absolute Gasteiger partial charge is 0.319 e. The molecule has 1 saturated carbocycles. The zero-order valence-corrected chi connectivity index (χ0v) is 10.7. The van der Waals surface area contributed by atoms with Crippen LogP contribution in [0.2, 0.25) is 0 Å². The van der Waals surface area contributed by atoms with Crippen LogP contribution in [-0.2, 0) is 0 Å². The largest absolute Gasteiger partial charge is 0.393 e. The van der Waals surface area contributed by atoms with E-state index in [9.17, 15) is 9.90 Å². The number of hydrogen-bond acceptors (Lipinski definition) is 3. The number of aliphatic hydroxyl groups excluding tert-OH is 1. The standard InChI is InChI=1S/C12H23N3O2/c1-14(2)12(17)15-5-3-9(4-6-15)13-10-7-11(16)8-10/h9-11,13,16H,3-8H2,1-2H3. The second-order valence-electron chi connectivity index (χ2n) is 5.43. The van der Waals surface area contributed by atoms with Gasteiger partial charge in [0.15, 0.2) is 0 Å². The van der Waals surface area contributed by atoms with Gasteiger partial charge in [-0.05, 0) is 25.7 Å². The molecule has 0 radical (unpaired) electrons. The van der Waals surface area contributed by atoms with Crippen LogP contribution in [0.4, 0.5) is 4.79 Å². The lowest BCUT2D eigenvalue weighted by Crippen LogP contribution is -2.53. The molecule has 2 fully saturated rings. The highest BCUT2D eigenvalue weighted by molar-refractivity contribution is 5.73. The van der Waals surface area contributed by atoms with Gasteiger partial charge in [-0.25, -0.2) is 4.79 Å². The maximum atomic E-state index is 11.7. The number of urea groups is 1. The highest BCUT2D eigenvalue weighted by Gasteiger charge is 2.31. The second-order valence-corrected chi connectivity index (χ2v) is 5.43. The maximum Gasteiger partial charge on any atom is 0.319 e. The number of carbonyl (C=O) groups excluding carboxylic acids is 1. The number of aliphatic hydroxyl groups is 1. The quantitative estimate of drug-likeness (QED) is 0.728. The molecule has 0 bridgehead atoms. The van der Waals surface area contributed by atoms with Crippen LogP contribution in [0.3, 0.4) is 0 Å². The summed E-state index contributed by atoms with van der Waals surface area (Å²) in [4.78, 5) is 15.3. The summed E-state index contributed by atoms with van der Waals surface area (Å²) >= 11 is 0. The molecule has 2 aliphatic rings. The molecule has 98 valence electrons. The summed E-state index contributed by atoms with van der Waals surface area (Å²) < 4.78 is 0. The van der Waals surface area contributed by atoms with Gasteiger partial charge in [0.05, 0.1) is 6.10 Å². The topological polar surface area (TPSA) is 55.8 Å². The van der Waals surface area contributed by atoms with Gasteiger partial charge in [-0.1, -0.05) is 0 Å². The summed E-state index contributed by atoms with van der Waals surface area (Å²) in [6, 6.07) is 1.12. The third-order valence-electron chi connectivity index (χ3n) is 3.73. The van der Waals surface area contributed by atoms with E-state index in [1.165, 1.54) is 0 Å². The SMILES string of the molecule is CN(C)C(=O)N1CCC(NC2CC(O)C2)CC1. The predicted octanol–water partition coefficient (Wildman–Crippen LogP) is 0.245. The lowest BCUT2D eigenvalue weighted by atomic mass is 9.88. The fourth-order valence-electron chi connectivity index (χ4n) is 2.58. The Labute approximate surface area is 103 Å². The summed E-state index contributed by atoms with van der Waals surface area (Å²) in [5.74, 6) is 0. The van der Waals surface area contributed by atoms with E-state index in [0.29, 0.717) is 12.1 Å². The number of hydrogen-bond donors (Lipinski definition) is 2. The molecule has 0 spiro atoms. The van der Waals surface area contributed by atoms with E-state index >= 15 is 0 Å². The lowest BCUT2D eigenvalue weighted by molar-refractivity contribution is 0.0530. The summed E-state index contributed by atoms with van der Waals surface area (Å²) in [6.07, 6.45) is 3.72. The van der Waals surface area contributed by atoms with Crippen LogP contribution in [0, 0.1) is 0 Å². The van der Waals surface area contributed by atoms with Crippen molar-refractivity contribution in [1.82, 2.24) is 15.1 Å². The van der Waals surface area contributed by atoms with E-state index < -0.39 is 0 Å². The van der Waals surface area contributed by atoms with Crippen LogP contribution in [-0.4, -0.2) is 66.3 Å². The second kappa shape index (κ2) is 5.23. The molecule has 5 heteroatoms. The number of piperidine rings is 1. The van der Waals surface area contributed by atoms with E-state index in [4.69, 9.17) is 0 Å². The Hall–Kier alpha value is -0.810. The molecule has 0 aromatic rings. The third kappa shape index (κ3) is 3.10. The van der Waals surface area contributed by atoms with Crippen LogP contribution in [0.25, 0.3) is 0 Å². The van der Waals surface area contributed by atoms with Crippen molar-refractivity contribution in [3.05, 3.63) is 0 Å². The maximum absolute atomic E-state index is 11.7. The van der Waals surface area contributed by atoms with Crippen molar-refractivity contribution >= 4 is 6.03 Å². The fraction of sp³-hybridized carbons (Fsp3) is 0.917. The van der Waals surface area contributed by atoms with Gasteiger partial charge in [0.2, 0.25) is 0 Å². The zero-order chi connectivity index (χ0) is 12.4. The summed E-state index contributed by atoms with van der Waals surface area (Å²) in [5, 5.41) is 12.8. The van der Waals surface area contributed by atoms with Gasteiger partial charge in [-0.2, -0.15) is 0 Å². The van der Waals surface area contributed by atoms with Gasteiger partial charge in [0.25, 0.3) is 0 Å². The van der Waals surface area contributed by atoms with Crippen molar-refractivity contribution < 1.29 is 9.90 Å². The van der Waals surface area contributed by atoms with Gasteiger partial charge in [0, 0.05) is 39.3 Å². The average molecular weight is 241 g/mol. The Morgan fingerprint density at radius 1 is 1.24 bits per heavy atom. The molecule has 17 heavy (non-hydrogen) atoms. The lowest BCUT2D eigenvalue weighted by Gasteiger charge is -2.39. The fourth-order valence-corrected chi connectivity index (χ4v) is 2.58. The minimum absolute atomic E-state index is 0.0945. The van der Waals surface area contributed by atoms with Crippen molar-refractivity contribution in [1.29, 1.82) is 0 Å². The van der Waals surface area contributed by atoms with Crippen molar-refractivity contribution in [2.24, 2.45) is 0 Å². The first-order valence-corrected chi connectivity index (χ1v) is 6.46. The van der Waals surface area contributed by atoms with Crippen molar-refractivity contribution in [2.75, 3.05) is 27.2 Å². The summed E-state index contributed by atoms with van der Waals surface area (Å²) in [5.41, 5.74) is 0. The molecule has 2 rings (SSSR count). The molecular formula is C12H23N3O2. The number of nitrogens with one attached hydrogen (secondary N) is 1. The van der Waals surface area contributed by atoms with E-state index in [-0.39, 0.29) is 12.1 Å². The molecular weight excluding hydrogens is 218 g/mol. The first-order chi connectivity index (χ1) is 8.06. The van der Waals surface area contributed by atoms with E-state index in [0.717, 1.165) is 38.8 Å². The number of likely N-dealkylation sites (tertiary alicyclic amines) is 1. The average Bonchev–Trinajstić information content (AvgIpc) is 2.27. The Morgan fingerprint density at radius 3 is 2.29 bits per heavy atom. The first kappa shape index (κ1) is 12.6. The molecule has 5 nitrogen and oxygen atoms in total. The highest BCUT2D eigenvalue weighted by atomic mass is 16.3. The van der Waals surface area contributed by atoms with Crippen LogP contribution in [0.15, 0.2) is 0 Å². The Kier molecular flexibility index (Phi) is 3.89. The van der Waals surface area contributed by atoms with Gasteiger partial charge in [-0.3, -0.25) is 0 Å². The molecule has 0 aromatic heterocycles. The molecule has 1 heterocycles. The van der Waals surface area contributed by atoms with E-state index in [1.807, 2.05) is 4.90 Å². The molecule has 2 N–H and O–H groups in total. The Morgan fingerprint density at radius 2 is 1.82 bits per heavy atom. The van der Waals surface area contributed by atoms with Crippen molar-refractivity contribution in [3.8, 4) is 0 Å². The Balaban J connectivity index is 1.69. The highest BCUT2D eigenvalue weighted by Crippen LogP contribution is 2.22. The molecule has 0 atom stereocenters. The zero-order valence-electron chi connectivity index (χ0n) is 10.7. The van der Waals surface area contributed by atoms with Gasteiger partial charge in [-0.15, -0.1) is 0 Å². The first-order valence-electron chi connectivity index (χ1n) is 6.46. The van der Waals surface area contributed by atoms with Crippen molar-refractivity contribution in [3.63, 3.8) is 0 Å². The Bertz CT molecular complexity index is 269. The molecule has 0 aromatic carbocycles. The normalized spacial score (nSPS) is 29.9. The minimum Gasteiger partial charge on any atom is -0.393 e. The monoisotopic (exact) mass is 241 g/mol. The summed E-state index contributed by atoms with van der Waals surface area (Å²) in [7, 11) is 3.59. The van der Waals surface area contributed by atoms with Gasteiger partial charge < -0.3 is 20.2 Å². The number of rotatable bonds is 2. The number of nitrogens with zero attached hydrogens (tertiary/aromatic N) is 2.